The van der Waals surface area contributed by atoms with Gasteiger partial charge in [-0.05, 0) is 17.7 Å². The van der Waals surface area contributed by atoms with Crippen molar-refractivity contribution in [3.63, 3.8) is 0 Å². The molecule has 0 atom stereocenters. The second kappa shape index (κ2) is 3.07. The molecule has 3 heteroatoms. The van der Waals surface area contributed by atoms with Gasteiger partial charge in [0, 0.05) is 18.2 Å². The molecule has 15 heavy (non-hydrogen) atoms. The van der Waals surface area contributed by atoms with E-state index in [0.717, 1.165) is 17.9 Å². The summed E-state index contributed by atoms with van der Waals surface area (Å²) in [7, 11) is 0. The molecule has 0 amide bonds. The van der Waals surface area contributed by atoms with E-state index in [1.54, 1.807) is 11.2 Å². The van der Waals surface area contributed by atoms with Gasteiger partial charge in [0.1, 0.15) is 0 Å². The molecule has 0 unspecified atom stereocenters. The molecule has 3 nitrogen and oxygen atoms in total. The van der Waals surface area contributed by atoms with Crippen LogP contribution in [0.5, 0.6) is 0 Å². The first kappa shape index (κ1) is 8.44. The lowest BCUT2D eigenvalue weighted by molar-refractivity contribution is 0.954. The number of hydrazine groups is 1. The summed E-state index contributed by atoms with van der Waals surface area (Å²) < 4.78 is 0. The number of nitrogens with two attached hydrogens (primary N) is 1. The number of rotatable bonds is 0. The number of benzene rings is 1. The van der Waals surface area contributed by atoms with E-state index >= 15 is 0 Å². The molecule has 0 spiro atoms. The highest BCUT2D eigenvalue weighted by Crippen LogP contribution is 2.33. The maximum atomic E-state index is 6.03. The zero-order chi connectivity index (χ0) is 10.3. The van der Waals surface area contributed by atoms with Gasteiger partial charge in [-0.3, -0.25) is 5.01 Å². The fraction of sp³-hybridized carbons (Fsp3) is 0.0833. The van der Waals surface area contributed by atoms with Crippen LogP contribution < -0.4 is 10.9 Å². The topological polar surface area (TPSA) is 42.1 Å². The van der Waals surface area contributed by atoms with Crippen LogP contribution in [0.2, 0.25) is 0 Å². The molecule has 0 radical (unpaired) electrons. The van der Waals surface area contributed by atoms with E-state index in [9.17, 15) is 0 Å². The molecule has 1 aliphatic heterocycles. The molecule has 1 aromatic heterocycles. The van der Waals surface area contributed by atoms with Crippen molar-refractivity contribution >= 4 is 11.5 Å². The summed E-state index contributed by atoms with van der Waals surface area (Å²) in [6.45, 7) is 0. The Hall–Kier alpha value is -1.87. The zero-order valence-corrected chi connectivity index (χ0v) is 8.22. The van der Waals surface area contributed by atoms with Crippen LogP contribution in [0, 0.1) is 0 Å². The molecule has 0 fully saturated rings. The summed E-state index contributed by atoms with van der Waals surface area (Å²) in [5.41, 5.74) is 3.47. The van der Waals surface area contributed by atoms with E-state index in [2.05, 4.69) is 17.1 Å². The lowest BCUT2D eigenvalue weighted by Gasteiger charge is -2.27. The Morgan fingerprint density at radius 1 is 1.07 bits per heavy atom. The normalized spacial score (nSPS) is 13.3. The number of fused-ring (bicyclic) bond motifs is 2. The zero-order valence-electron chi connectivity index (χ0n) is 8.22. The van der Waals surface area contributed by atoms with Crippen molar-refractivity contribution in [3.05, 3.63) is 53.7 Å². The molecule has 0 saturated heterocycles. The quantitative estimate of drug-likeness (QED) is 0.657. The SMILES string of the molecule is NN1c2ccccc2Cc2cccnc21. The van der Waals surface area contributed by atoms with Gasteiger partial charge in [-0.2, -0.15) is 0 Å². The summed E-state index contributed by atoms with van der Waals surface area (Å²) in [5, 5.41) is 1.66. The fourth-order valence-electron chi connectivity index (χ4n) is 2.00. The van der Waals surface area contributed by atoms with E-state index in [-0.39, 0.29) is 0 Å². The molecule has 1 aromatic carbocycles. The highest BCUT2D eigenvalue weighted by atomic mass is 15.4. The highest BCUT2D eigenvalue weighted by molar-refractivity contribution is 5.69. The van der Waals surface area contributed by atoms with Crippen molar-refractivity contribution in [2.75, 3.05) is 5.01 Å². The van der Waals surface area contributed by atoms with E-state index < -0.39 is 0 Å². The van der Waals surface area contributed by atoms with Crippen molar-refractivity contribution in [3.8, 4) is 0 Å². The monoisotopic (exact) mass is 197 g/mol. The molecule has 2 aromatic rings. The molecule has 74 valence electrons. The first-order valence-corrected chi connectivity index (χ1v) is 4.93. The Morgan fingerprint density at radius 2 is 1.87 bits per heavy atom. The number of pyridine rings is 1. The Labute approximate surface area is 88.1 Å². The molecule has 2 heterocycles. The summed E-state index contributed by atoms with van der Waals surface area (Å²) in [6, 6.07) is 12.2. The van der Waals surface area contributed by atoms with Crippen LogP contribution in [-0.4, -0.2) is 4.98 Å². The molecule has 0 aliphatic carbocycles. The fourth-order valence-corrected chi connectivity index (χ4v) is 2.00. The van der Waals surface area contributed by atoms with Crippen LogP contribution in [0.25, 0.3) is 0 Å². The third kappa shape index (κ3) is 1.21. The molecule has 2 N–H and O–H groups in total. The maximum absolute atomic E-state index is 6.03. The number of anilines is 2. The Kier molecular flexibility index (Phi) is 1.73. The molecule has 0 saturated carbocycles. The summed E-state index contributed by atoms with van der Waals surface area (Å²) in [5.74, 6) is 6.89. The van der Waals surface area contributed by atoms with Crippen LogP contribution in [0.15, 0.2) is 42.6 Å². The number of hydrogen-bond acceptors (Lipinski definition) is 3. The van der Waals surface area contributed by atoms with E-state index in [1.807, 2.05) is 24.3 Å². The Balaban J connectivity index is 2.20. The largest absolute Gasteiger partial charge is 0.262 e. The van der Waals surface area contributed by atoms with E-state index in [0.29, 0.717) is 0 Å². The van der Waals surface area contributed by atoms with Crippen molar-refractivity contribution in [1.82, 2.24) is 4.98 Å². The molecular formula is C12H11N3. The first-order chi connectivity index (χ1) is 7.36. The molecule has 0 bridgehead atoms. The number of hydrogen-bond donors (Lipinski definition) is 1. The second-order valence-electron chi connectivity index (χ2n) is 3.66. The average molecular weight is 197 g/mol. The number of para-hydroxylation sites is 1. The van der Waals surface area contributed by atoms with Crippen molar-refractivity contribution < 1.29 is 0 Å². The summed E-state index contributed by atoms with van der Waals surface area (Å²) in [6.07, 6.45) is 2.68. The van der Waals surface area contributed by atoms with E-state index in [1.165, 1.54) is 11.1 Å². The predicted molar refractivity (Wildman–Crippen MR) is 59.8 cm³/mol. The van der Waals surface area contributed by atoms with Crippen LogP contribution in [-0.2, 0) is 6.42 Å². The summed E-state index contributed by atoms with van der Waals surface area (Å²) >= 11 is 0. The van der Waals surface area contributed by atoms with Gasteiger partial charge in [-0.15, -0.1) is 0 Å². The van der Waals surface area contributed by atoms with Crippen molar-refractivity contribution in [2.24, 2.45) is 5.84 Å². The summed E-state index contributed by atoms with van der Waals surface area (Å²) in [4.78, 5) is 4.30. The number of aromatic nitrogens is 1. The van der Waals surface area contributed by atoms with Gasteiger partial charge in [-0.25, -0.2) is 10.8 Å². The first-order valence-electron chi connectivity index (χ1n) is 4.93. The van der Waals surface area contributed by atoms with Gasteiger partial charge < -0.3 is 0 Å². The molecule has 1 aliphatic rings. The molecule has 3 rings (SSSR count). The van der Waals surface area contributed by atoms with Gasteiger partial charge in [0.2, 0.25) is 0 Å². The lowest BCUT2D eigenvalue weighted by atomic mass is 10.00. The van der Waals surface area contributed by atoms with Gasteiger partial charge in [0.15, 0.2) is 5.82 Å². The smallest absolute Gasteiger partial charge is 0.150 e. The van der Waals surface area contributed by atoms with Gasteiger partial charge >= 0.3 is 0 Å². The third-order valence-electron chi connectivity index (χ3n) is 2.73. The Morgan fingerprint density at radius 3 is 2.80 bits per heavy atom. The van der Waals surface area contributed by atoms with Gasteiger partial charge in [0.25, 0.3) is 0 Å². The van der Waals surface area contributed by atoms with Crippen LogP contribution in [0.4, 0.5) is 11.5 Å². The average Bonchev–Trinajstić information content (AvgIpc) is 2.30. The van der Waals surface area contributed by atoms with Crippen LogP contribution in [0.1, 0.15) is 11.1 Å². The van der Waals surface area contributed by atoms with E-state index in [4.69, 9.17) is 5.84 Å². The van der Waals surface area contributed by atoms with Crippen LogP contribution >= 0.6 is 0 Å². The van der Waals surface area contributed by atoms with Crippen LogP contribution in [0.3, 0.4) is 0 Å². The standard InChI is InChI=1S/C12H11N3/c13-15-11-6-2-1-4-9(11)8-10-5-3-7-14-12(10)15/h1-7H,8,13H2. The highest BCUT2D eigenvalue weighted by Gasteiger charge is 2.20. The second-order valence-corrected chi connectivity index (χ2v) is 3.66. The van der Waals surface area contributed by atoms with Gasteiger partial charge in [-0.1, -0.05) is 24.3 Å². The minimum Gasteiger partial charge on any atom is -0.262 e. The van der Waals surface area contributed by atoms with Gasteiger partial charge in [0.05, 0.1) is 5.69 Å². The van der Waals surface area contributed by atoms with Crippen molar-refractivity contribution in [1.29, 1.82) is 0 Å². The Bertz CT molecular complexity index is 462. The predicted octanol–water partition coefficient (Wildman–Crippen LogP) is 2.00. The third-order valence-corrected chi connectivity index (χ3v) is 2.73. The number of nitrogens with zero attached hydrogens (tertiary/aromatic N) is 2. The lowest BCUT2D eigenvalue weighted by Crippen LogP contribution is -2.30. The van der Waals surface area contributed by atoms with Crippen molar-refractivity contribution in [2.45, 2.75) is 6.42 Å². The maximum Gasteiger partial charge on any atom is 0.150 e. The molecular weight excluding hydrogens is 186 g/mol. The minimum atomic E-state index is 0.858. The minimum absolute atomic E-state index is 0.858.